The number of rotatable bonds is 5. The molecule has 1 N–H and O–H groups in total. The zero-order chi connectivity index (χ0) is 17.8. The van der Waals surface area contributed by atoms with Crippen molar-refractivity contribution in [2.45, 2.75) is 19.3 Å². The first-order valence-corrected chi connectivity index (χ1v) is 8.80. The SMILES string of the molecule is O=C(O)CCOc1cccc(/C=C2\CCc3cc(Br)ccc3C2=O)c1. The number of ketones is 1. The number of carboxylic acid groups (broad SMARTS) is 1. The van der Waals surface area contributed by atoms with E-state index in [1.54, 1.807) is 6.07 Å². The molecule has 1 aliphatic carbocycles. The van der Waals surface area contributed by atoms with Crippen molar-refractivity contribution in [1.82, 2.24) is 0 Å². The van der Waals surface area contributed by atoms with Gasteiger partial charge < -0.3 is 9.84 Å². The lowest BCUT2D eigenvalue weighted by Crippen LogP contribution is -2.14. The van der Waals surface area contributed by atoms with Crippen molar-refractivity contribution in [2.75, 3.05) is 6.61 Å². The maximum Gasteiger partial charge on any atom is 0.306 e. The minimum absolute atomic E-state index is 0.0455. The second-order valence-electron chi connectivity index (χ2n) is 5.86. The van der Waals surface area contributed by atoms with Crippen LogP contribution in [0.25, 0.3) is 6.08 Å². The van der Waals surface area contributed by atoms with E-state index >= 15 is 0 Å². The van der Waals surface area contributed by atoms with Gasteiger partial charge in [-0.1, -0.05) is 28.1 Å². The molecule has 2 aromatic carbocycles. The molecule has 0 radical (unpaired) electrons. The van der Waals surface area contributed by atoms with E-state index in [0.717, 1.165) is 33.2 Å². The maximum atomic E-state index is 12.7. The second kappa shape index (κ2) is 7.66. The number of hydrogen-bond donors (Lipinski definition) is 1. The van der Waals surface area contributed by atoms with E-state index in [0.29, 0.717) is 12.2 Å². The van der Waals surface area contributed by atoms with Crippen LogP contribution in [-0.4, -0.2) is 23.5 Å². The number of hydrogen-bond acceptors (Lipinski definition) is 3. The number of aryl methyl sites for hydroxylation is 1. The van der Waals surface area contributed by atoms with Crippen LogP contribution in [-0.2, 0) is 11.2 Å². The number of aliphatic carboxylic acids is 1. The van der Waals surface area contributed by atoms with Crippen LogP contribution in [0.3, 0.4) is 0 Å². The molecule has 0 aromatic heterocycles. The molecule has 4 nitrogen and oxygen atoms in total. The highest BCUT2D eigenvalue weighted by atomic mass is 79.9. The van der Waals surface area contributed by atoms with Gasteiger partial charge in [0.1, 0.15) is 5.75 Å². The zero-order valence-electron chi connectivity index (χ0n) is 13.5. The summed E-state index contributed by atoms with van der Waals surface area (Å²) >= 11 is 3.44. The van der Waals surface area contributed by atoms with Gasteiger partial charge in [-0.15, -0.1) is 0 Å². The van der Waals surface area contributed by atoms with E-state index in [4.69, 9.17) is 9.84 Å². The van der Waals surface area contributed by atoms with Gasteiger partial charge in [0.15, 0.2) is 5.78 Å². The Kier molecular flexibility index (Phi) is 5.34. The van der Waals surface area contributed by atoms with Crippen LogP contribution in [0, 0.1) is 0 Å². The fourth-order valence-corrected chi connectivity index (χ4v) is 3.24. The monoisotopic (exact) mass is 400 g/mol. The van der Waals surface area contributed by atoms with Crippen molar-refractivity contribution in [3.8, 4) is 5.75 Å². The van der Waals surface area contributed by atoms with Gasteiger partial charge in [-0.3, -0.25) is 9.59 Å². The summed E-state index contributed by atoms with van der Waals surface area (Å²) in [5.74, 6) is -0.231. The number of halogens is 1. The summed E-state index contributed by atoms with van der Waals surface area (Å²) in [6, 6.07) is 13.1. The third-order valence-electron chi connectivity index (χ3n) is 4.05. The van der Waals surface area contributed by atoms with Gasteiger partial charge in [0.25, 0.3) is 0 Å². The summed E-state index contributed by atoms with van der Waals surface area (Å²) in [4.78, 5) is 23.2. The van der Waals surface area contributed by atoms with Gasteiger partial charge in [-0.05, 0) is 60.4 Å². The van der Waals surface area contributed by atoms with Crippen LogP contribution in [0.5, 0.6) is 5.75 Å². The number of carboxylic acids is 1. The molecule has 0 saturated carbocycles. The van der Waals surface area contributed by atoms with Crippen LogP contribution < -0.4 is 4.74 Å². The lowest BCUT2D eigenvalue weighted by molar-refractivity contribution is -0.137. The number of carbonyl (C=O) groups is 2. The third-order valence-corrected chi connectivity index (χ3v) is 4.54. The molecule has 0 bridgehead atoms. The molecule has 0 spiro atoms. The van der Waals surface area contributed by atoms with Crippen molar-refractivity contribution in [3.63, 3.8) is 0 Å². The lowest BCUT2D eigenvalue weighted by Gasteiger charge is -2.18. The van der Waals surface area contributed by atoms with Crippen molar-refractivity contribution >= 4 is 33.8 Å². The highest BCUT2D eigenvalue weighted by molar-refractivity contribution is 9.10. The van der Waals surface area contributed by atoms with Crippen LogP contribution >= 0.6 is 15.9 Å². The summed E-state index contributed by atoms with van der Waals surface area (Å²) in [6.45, 7) is 0.122. The summed E-state index contributed by atoms with van der Waals surface area (Å²) in [5, 5.41) is 8.66. The minimum Gasteiger partial charge on any atom is -0.493 e. The summed E-state index contributed by atoms with van der Waals surface area (Å²) in [5.41, 5.74) is 3.48. The van der Waals surface area contributed by atoms with Gasteiger partial charge in [-0.2, -0.15) is 0 Å². The molecule has 2 aromatic rings. The van der Waals surface area contributed by atoms with E-state index < -0.39 is 5.97 Å². The average Bonchev–Trinajstić information content (AvgIpc) is 2.57. The molecule has 1 aliphatic rings. The van der Waals surface area contributed by atoms with Crippen molar-refractivity contribution in [1.29, 1.82) is 0 Å². The van der Waals surface area contributed by atoms with Gasteiger partial charge >= 0.3 is 5.97 Å². The van der Waals surface area contributed by atoms with E-state index in [9.17, 15) is 9.59 Å². The normalized spacial score (nSPS) is 15.1. The fourth-order valence-electron chi connectivity index (χ4n) is 2.84. The minimum atomic E-state index is -0.892. The van der Waals surface area contributed by atoms with E-state index in [2.05, 4.69) is 15.9 Å². The quantitative estimate of drug-likeness (QED) is 0.749. The molecule has 3 rings (SSSR count). The first-order valence-electron chi connectivity index (χ1n) is 8.01. The number of benzene rings is 2. The van der Waals surface area contributed by atoms with Gasteiger partial charge in [0, 0.05) is 15.6 Å². The lowest BCUT2D eigenvalue weighted by atomic mass is 9.86. The smallest absolute Gasteiger partial charge is 0.306 e. The van der Waals surface area contributed by atoms with Crippen LogP contribution in [0.1, 0.15) is 34.3 Å². The van der Waals surface area contributed by atoms with Crippen LogP contribution in [0.4, 0.5) is 0 Å². The van der Waals surface area contributed by atoms with E-state index in [1.165, 1.54) is 0 Å². The Morgan fingerprint density at radius 2 is 2.04 bits per heavy atom. The van der Waals surface area contributed by atoms with Crippen LogP contribution in [0.15, 0.2) is 52.5 Å². The zero-order valence-corrected chi connectivity index (χ0v) is 15.1. The van der Waals surface area contributed by atoms with Gasteiger partial charge in [0.05, 0.1) is 13.0 Å². The largest absolute Gasteiger partial charge is 0.493 e. The van der Waals surface area contributed by atoms with Gasteiger partial charge in [0.2, 0.25) is 0 Å². The second-order valence-corrected chi connectivity index (χ2v) is 6.78. The number of fused-ring (bicyclic) bond motifs is 1. The average molecular weight is 401 g/mol. The molecule has 0 saturated heterocycles. The molecule has 0 atom stereocenters. The Balaban J connectivity index is 1.78. The highest BCUT2D eigenvalue weighted by Crippen LogP contribution is 2.29. The summed E-state index contributed by atoms with van der Waals surface area (Å²) in [6.07, 6.45) is 3.38. The highest BCUT2D eigenvalue weighted by Gasteiger charge is 2.21. The summed E-state index contributed by atoms with van der Waals surface area (Å²) < 4.78 is 6.43. The van der Waals surface area contributed by atoms with E-state index in [1.807, 2.05) is 42.5 Å². The molecule has 0 unspecified atom stereocenters. The molecule has 0 heterocycles. The van der Waals surface area contributed by atoms with Crippen molar-refractivity contribution in [2.24, 2.45) is 0 Å². The Labute approximate surface area is 154 Å². The standard InChI is InChI=1S/C20H17BrO4/c21-16-6-7-18-14(12-16)4-5-15(20(18)24)10-13-2-1-3-17(11-13)25-9-8-19(22)23/h1-3,6-7,10-12H,4-5,8-9H2,(H,22,23)/b15-10+. The number of ether oxygens (including phenoxy) is 1. The number of allylic oxidation sites excluding steroid dienone is 1. The fraction of sp³-hybridized carbons (Fsp3) is 0.200. The maximum absolute atomic E-state index is 12.7. The predicted molar refractivity (Wildman–Crippen MR) is 99.0 cm³/mol. The van der Waals surface area contributed by atoms with Crippen molar-refractivity contribution in [3.05, 3.63) is 69.2 Å². The molecule has 0 amide bonds. The molecule has 25 heavy (non-hydrogen) atoms. The Morgan fingerprint density at radius 1 is 1.20 bits per heavy atom. The Hall–Kier alpha value is -2.40. The molecule has 128 valence electrons. The Morgan fingerprint density at radius 3 is 2.84 bits per heavy atom. The molecule has 5 heteroatoms. The van der Waals surface area contributed by atoms with E-state index in [-0.39, 0.29) is 18.8 Å². The Bertz CT molecular complexity index is 855. The first kappa shape index (κ1) is 17.4. The predicted octanol–water partition coefficient (Wildman–Crippen LogP) is 4.52. The third kappa shape index (κ3) is 4.37. The molecule has 0 fully saturated rings. The molecule has 0 aliphatic heterocycles. The topological polar surface area (TPSA) is 63.6 Å². The first-order chi connectivity index (χ1) is 12.0. The number of carbonyl (C=O) groups excluding carboxylic acids is 1. The molecular weight excluding hydrogens is 384 g/mol. The molecular formula is C20H17BrO4. The van der Waals surface area contributed by atoms with Crippen molar-refractivity contribution < 1.29 is 19.4 Å². The number of Topliss-reactive ketones (excluding diaryl/α,β-unsaturated/α-hetero) is 1. The van der Waals surface area contributed by atoms with Gasteiger partial charge in [-0.25, -0.2) is 0 Å². The van der Waals surface area contributed by atoms with Crippen LogP contribution in [0.2, 0.25) is 0 Å². The summed E-state index contributed by atoms with van der Waals surface area (Å²) in [7, 11) is 0.